The summed E-state index contributed by atoms with van der Waals surface area (Å²) in [4.78, 5) is 7.35. The van der Waals surface area contributed by atoms with Crippen molar-refractivity contribution in [2.24, 2.45) is 0 Å². The maximum atomic E-state index is 5.89. The molecule has 1 rings (SSSR count). The molecule has 0 atom stereocenters. The lowest BCUT2D eigenvalue weighted by atomic mass is 10.3. The highest BCUT2D eigenvalue weighted by atomic mass is 35.5. The van der Waals surface area contributed by atoms with E-state index < -0.39 is 0 Å². The fraction of sp³-hybridized carbons (Fsp3) is 0.625. The zero-order valence-electron chi connectivity index (χ0n) is 7.45. The molecule has 0 spiro atoms. The van der Waals surface area contributed by atoms with E-state index in [1.807, 2.05) is 7.05 Å². The Morgan fingerprint density at radius 1 is 1.58 bits per heavy atom. The van der Waals surface area contributed by atoms with Crippen LogP contribution in [0, 0.1) is 0 Å². The quantitative estimate of drug-likeness (QED) is 0.748. The van der Waals surface area contributed by atoms with Crippen LogP contribution in [0.15, 0.2) is 0 Å². The number of aromatic nitrogens is 2. The van der Waals surface area contributed by atoms with Crippen LogP contribution in [0.2, 0.25) is 5.15 Å². The number of aromatic amines is 1. The van der Waals surface area contributed by atoms with E-state index in [-0.39, 0.29) is 0 Å². The van der Waals surface area contributed by atoms with Crippen molar-refractivity contribution in [2.75, 3.05) is 13.6 Å². The molecule has 0 unspecified atom stereocenters. The minimum Gasteiger partial charge on any atom is -0.345 e. The van der Waals surface area contributed by atoms with Crippen LogP contribution in [0.1, 0.15) is 18.4 Å². The Morgan fingerprint density at radius 3 is 2.83 bits per heavy atom. The van der Waals surface area contributed by atoms with Crippen molar-refractivity contribution in [1.82, 2.24) is 15.3 Å². The first kappa shape index (κ1) is 9.55. The third kappa shape index (κ3) is 2.22. The summed E-state index contributed by atoms with van der Waals surface area (Å²) < 4.78 is 0. The van der Waals surface area contributed by atoms with Gasteiger partial charge >= 0.3 is 0 Å². The van der Waals surface area contributed by atoms with Crippen LogP contribution in [0.3, 0.4) is 0 Å². The molecule has 0 bridgehead atoms. The zero-order chi connectivity index (χ0) is 8.97. The van der Waals surface area contributed by atoms with Crippen molar-refractivity contribution in [2.45, 2.75) is 19.8 Å². The van der Waals surface area contributed by atoms with Gasteiger partial charge in [0, 0.05) is 19.4 Å². The molecular formula is C8H14ClN3. The molecule has 1 aromatic heterocycles. The second-order valence-electron chi connectivity index (χ2n) is 2.66. The summed E-state index contributed by atoms with van der Waals surface area (Å²) in [6.07, 6.45) is 1.81. The van der Waals surface area contributed by atoms with Gasteiger partial charge in [-0.1, -0.05) is 18.5 Å². The maximum absolute atomic E-state index is 5.89. The molecule has 68 valence electrons. The second-order valence-corrected chi connectivity index (χ2v) is 3.02. The first-order chi connectivity index (χ1) is 5.77. The number of halogens is 1. The largest absolute Gasteiger partial charge is 0.345 e. The van der Waals surface area contributed by atoms with E-state index >= 15 is 0 Å². The summed E-state index contributed by atoms with van der Waals surface area (Å²) >= 11 is 5.89. The van der Waals surface area contributed by atoms with E-state index in [1.54, 1.807) is 0 Å². The number of H-pyrrole nitrogens is 1. The second kappa shape index (κ2) is 4.48. The summed E-state index contributed by atoms with van der Waals surface area (Å²) in [5.41, 5.74) is 1.03. The Hall–Kier alpha value is -0.540. The van der Waals surface area contributed by atoms with Gasteiger partial charge in [-0.25, -0.2) is 4.98 Å². The van der Waals surface area contributed by atoms with E-state index in [2.05, 4.69) is 22.2 Å². The van der Waals surface area contributed by atoms with E-state index in [0.717, 1.165) is 30.9 Å². The van der Waals surface area contributed by atoms with Crippen LogP contribution in [0.5, 0.6) is 0 Å². The Bertz CT molecular complexity index is 244. The first-order valence-corrected chi connectivity index (χ1v) is 4.53. The molecule has 0 aliphatic carbocycles. The topological polar surface area (TPSA) is 40.7 Å². The smallest absolute Gasteiger partial charge is 0.150 e. The van der Waals surface area contributed by atoms with Crippen LogP contribution in [-0.2, 0) is 12.8 Å². The lowest BCUT2D eigenvalue weighted by Gasteiger charge is -1.95. The van der Waals surface area contributed by atoms with Gasteiger partial charge in [0.05, 0.1) is 5.69 Å². The van der Waals surface area contributed by atoms with E-state index in [0.29, 0.717) is 5.15 Å². The standard InChI is InChI=1S/C8H14ClN3/c1-3-7-11-6(4-5-10-2)8(9)12-7/h10H,3-5H2,1-2H3,(H,11,12). The van der Waals surface area contributed by atoms with Gasteiger partial charge in [-0.3, -0.25) is 0 Å². The molecule has 4 heteroatoms. The van der Waals surface area contributed by atoms with Gasteiger partial charge in [0.25, 0.3) is 0 Å². The Morgan fingerprint density at radius 2 is 2.33 bits per heavy atom. The number of imidazole rings is 1. The minimum absolute atomic E-state index is 0.613. The minimum atomic E-state index is 0.613. The lowest BCUT2D eigenvalue weighted by molar-refractivity contribution is 0.777. The highest BCUT2D eigenvalue weighted by Crippen LogP contribution is 2.12. The van der Waals surface area contributed by atoms with Gasteiger partial charge in [-0.05, 0) is 7.05 Å². The molecule has 3 nitrogen and oxygen atoms in total. The molecule has 2 N–H and O–H groups in total. The Balaban J connectivity index is 2.64. The first-order valence-electron chi connectivity index (χ1n) is 4.15. The maximum Gasteiger partial charge on any atom is 0.150 e. The van der Waals surface area contributed by atoms with Crippen molar-refractivity contribution >= 4 is 11.6 Å². The number of nitrogens with zero attached hydrogens (tertiary/aromatic N) is 1. The summed E-state index contributed by atoms with van der Waals surface area (Å²) in [6.45, 7) is 2.97. The fourth-order valence-corrected chi connectivity index (χ4v) is 1.27. The van der Waals surface area contributed by atoms with Gasteiger partial charge in [0.2, 0.25) is 0 Å². The zero-order valence-corrected chi connectivity index (χ0v) is 8.20. The number of hydrogen-bond donors (Lipinski definition) is 2. The van der Waals surface area contributed by atoms with Gasteiger partial charge in [-0.15, -0.1) is 0 Å². The number of aryl methyl sites for hydroxylation is 1. The number of hydrogen-bond acceptors (Lipinski definition) is 2. The SMILES string of the molecule is CCc1nc(Cl)c(CCNC)[nH]1. The Labute approximate surface area is 77.5 Å². The van der Waals surface area contributed by atoms with Crippen LogP contribution in [0.25, 0.3) is 0 Å². The van der Waals surface area contributed by atoms with Gasteiger partial charge in [0.1, 0.15) is 11.0 Å². The van der Waals surface area contributed by atoms with Crippen molar-refractivity contribution in [3.05, 3.63) is 16.7 Å². The monoisotopic (exact) mass is 187 g/mol. The van der Waals surface area contributed by atoms with Gasteiger partial charge in [0.15, 0.2) is 0 Å². The highest BCUT2D eigenvalue weighted by Gasteiger charge is 2.05. The predicted molar refractivity (Wildman–Crippen MR) is 50.6 cm³/mol. The lowest BCUT2D eigenvalue weighted by Crippen LogP contribution is -2.10. The normalized spacial score (nSPS) is 10.6. The third-order valence-electron chi connectivity index (χ3n) is 1.74. The van der Waals surface area contributed by atoms with E-state index in [9.17, 15) is 0 Å². The van der Waals surface area contributed by atoms with Crippen molar-refractivity contribution < 1.29 is 0 Å². The average molecular weight is 188 g/mol. The summed E-state index contributed by atoms with van der Waals surface area (Å²) in [5, 5.41) is 3.68. The number of nitrogens with one attached hydrogen (secondary N) is 2. The van der Waals surface area contributed by atoms with Crippen molar-refractivity contribution in [1.29, 1.82) is 0 Å². The molecule has 0 saturated carbocycles. The molecule has 0 aliphatic heterocycles. The summed E-state index contributed by atoms with van der Waals surface area (Å²) in [7, 11) is 1.92. The molecular weight excluding hydrogens is 174 g/mol. The summed E-state index contributed by atoms with van der Waals surface area (Å²) in [6, 6.07) is 0. The van der Waals surface area contributed by atoms with E-state index in [1.165, 1.54) is 0 Å². The Kier molecular flexibility index (Phi) is 3.56. The van der Waals surface area contributed by atoms with Crippen LogP contribution < -0.4 is 5.32 Å². The molecule has 12 heavy (non-hydrogen) atoms. The molecule has 0 amide bonds. The third-order valence-corrected chi connectivity index (χ3v) is 2.05. The van der Waals surface area contributed by atoms with Crippen LogP contribution in [-0.4, -0.2) is 23.6 Å². The summed E-state index contributed by atoms with van der Waals surface area (Å²) in [5.74, 6) is 0.964. The van der Waals surface area contributed by atoms with Crippen molar-refractivity contribution in [3.8, 4) is 0 Å². The number of rotatable bonds is 4. The van der Waals surface area contributed by atoms with Gasteiger partial charge in [-0.2, -0.15) is 0 Å². The molecule has 0 aliphatic rings. The molecule has 0 radical (unpaired) electrons. The number of likely N-dealkylation sites (N-methyl/N-ethyl adjacent to an activating group) is 1. The van der Waals surface area contributed by atoms with Crippen molar-refractivity contribution in [3.63, 3.8) is 0 Å². The molecule has 0 fully saturated rings. The molecule has 1 aromatic rings. The highest BCUT2D eigenvalue weighted by molar-refractivity contribution is 6.30. The molecule has 0 aromatic carbocycles. The average Bonchev–Trinajstić information content (AvgIpc) is 2.43. The fourth-order valence-electron chi connectivity index (χ4n) is 1.02. The molecule has 1 heterocycles. The van der Waals surface area contributed by atoms with E-state index in [4.69, 9.17) is 11.6 Å². The predicted octanol–water partition coefficient (Wildman–Crippen LogP) is 1.39. The van der Waals surface area contributed by atoms with Crippen LogP contribution in [0.4, 0.5) is 0 Å². The molecule has 0 saturated heterocycles. The van der Waals surface area contributed by atoms with Crippen LogP contribution >= 0.6 is 11.6 Å². The van der Waals surface area contributed by atoms with Gasteiger partial charge < -0.3 is 10.3 Å².